The predicted molar refractivity (Wildman–Crippen MR) is 83.1 cm³/mol. The van der Waals surface area contributed by atoms with E-state index in [-0.39, 0.29) is 12.6 Å². The van der Waals surface area contributed by atoms with Crippen LogP contribution in [0.5, 0.6) is 0 Å². The molecule has 0 aromatic heterocycles. The number of nitrogens with one attached hydrogen (secondary N) is 1. The van der Waals surface area contributed by atoms with Crippen molar-refractivity contribution in [3.05, 3.63) is 29.3 Å². The number of hydrogen-bond donors (Lipinski definition) is 1. The minimum atomic E-state index is -3.51. The lowest BCUT2D eigenvalue weighted by molar-refractivity contribution is -0.160. The maximum Gasteiger partial charge on any atom is 0.240 e. The summed E-state index contributed by atoms with van der Waals surface area (Å²) < 4.78 is 39.1. The quantitative estimate of drug-likeness (QED) is 0.922. The van der Waals surface area contributed by atoms with E-state index in [0.29, 0.717) is 11.5 Å². The molecule has 2 aliphatic rings. The normalized spacial score (nSPS) is 24.2. The predicted octanol–water partition coefficient (Wildman–Crippen LogP) is 2.27. The molecule has 1 saturated heterocycles. The van der Waals surface area contributed by atoms with Crippen LogP contribution >= 0.6 is 0 Å². The first-order valence-corrected chi connectivity index (χ1v) is 9.27. The largest absolute Gasteiger partial charge is 0.347 e. The molecule has 6 heteroatoms. The molecule has 1 N–H and O–H groups in total. The van der Waals surface area contributed by atoms with E-state index < -0.39 is 15.8 Å². The van der Waals surface area contributed by atoms with Gasteiger partial charge in [-0.2, -0.15) is 0 Å². The first-order chi connectivity index (χ1) is 10.4. The van der Waals surface area contributed by atoms with Gasteiger partial charge in [-0.1, -0.05) is 6.07 Å². The topological polar surface area (TPSA) is 64.6 Å². The molecule has 0 unspecified atom stereocenters. The van der Waals surface area contributed by atoms with Crippen LogP contribution in [0.15, 0.2) is 23.1 Å². The van der Waals surface area contributed by atoms with Crippen LogP contribution in [0.25, 0.3) is 0 Å². The van der Waals surface area contributed by atoms with Gasteiger partial charge in [0.2, 0.25) is 10.0 Å². The SMILES string of the molecule is Cc1ccc(S(=O)(=O)NC[C@@H]2COC3(CCCC3)O2)cc1C. The second kappa shape index (κ2) is 5.92. The smallest absolute Gasteiger partial charge is 0.240 e. The fraction of sp³-hybridized carbons (Fsp3) is 0.625. The molecule has 122 valence electrons. The maximum absolute atomic E-state index is 12.4. The average molecular weight is 325 g/mol. The number of aryl methyl sites for hydroxylation is 2. The molecular weight excluding hydrogens is 302 g/mol. The van der Waals surface area contributed by atoms with E-state index in [2.05, 4.69) is 4.72 Å². The lowest BCUT2D eigenvalue weighted by atomic mass is 10.1. The van der Waals surface area contributed by atoms with Crippen LogP contribution in [0.2, 0.25) is 0 Å². The average Bonchev–Trinajstić information content (AvgIpc) is 3.10. The molecule has 1 aliphatic carbocycles. The zero-order valence-corrected chi connectivity index (χ0v) is 13.9. The van der Waals surface area contributed by atoms with Gasteiger partial charge in [0.15, 0.2) is 5.79 Å². The van der Waals surface area contributed by atoms with E-state index in [0.717, 1.165) is 36.8 Å². The Kier molecular flexibility index (Phi) is 4.29. The molecule has 22 heavy (non-hydrogen) atoms. The van der Waals surface area contributed by atoms with Crippen molar-refractivity contribution in [3.63, 3.8) is 0 Å². The van der Waals surface area contributed by atoms with Crippen molar-refractivity contribution in [2.45, 2.75) is 56.3 Å². The van der Waals surface area contributed by atoms with Gasteiger partial charge in [0.05, 0.1) is 17.6 Å². The summed E-state index contributed by atoms with van der Waals surface area (Å²) in [7, 11) is -3.51. The molecule has 5 nitrogen and oxygen atoms in total. The van der Waals surface area contributed by atoms with Crippen LogP contribution < -0.4 is 4.72 Å². The fourth-order valence-corrected chi connectivity index (χ4v) is 4.21. The highest BCUT2D eigenvalue weighted by molar-refractivity contribution is 7.89. The van der Waals surface area contributed by atoms with Crippen LogP contribution in [-0.4, -0.2) is 33.5 Å². The van der Waals surface area contributed by atoms with Gasteiger partial charge < -0.3 is 9.47 Å². The van der Waals surface area contributed by atoms with Crippen LogP contribution in [0.1, 0.15) is 36.8 Å². The van der Waals surface area contributed by atoms with E-state index in [1.165, 1.54) is 0 Å². The number of rotatable bonds is 4. The molecule has 1 aliphatic heterocycles. The van der Waals surface area contributed by atoms with Crippen molar-refractivity contribution >= 4 is 10.0 Å². The Morgan fingerprint density at radius 2 is 1.95 bits per heavy atom. The highest BCUT2D eigenvalue weighted by Crippen LogP contribution is 2.39. The summed E-state index contributed by atoms with van der Waals surface area (Å²) in [6.07, 6.45) is 3.84. The van der Waals surface area contributed by atoms with Crippen molar-refractivity contribution in [1.29, 1.82) is 0 Å². The van der Waals surface area contributed by atoms with Gasteiger partial charge in [-0.05, 0) is 49.9 Å². The molecule has 1 saturated carbocycles. The summed E-state index contributed by atoms with van der Waals surface area (Å²) in [5.41, 5.74) is 2.04. The van der Waals surface area contributed by atoms with E-state index in [9.17, 15) is 8.42 Å². The van der Waals surface area contributed by atoms with E-state index >= 15 is 0 Å². The van der Waals surface area contributed by atoms with Crippen LogP contribution in [0.3, 0.4) is 0 Å². The summed E-state index contributed by atoms with van der Waals surface area (Å²) in [6.45, 7) is 4.57. The molecule has 3 rings (SSSR count). The minimum Gasteiger partial charge on any atom is -0.347 e. The highest BCUT2D eigenvalue weighted by atomic mass is 32.2. The summed E-state index contributed by atoms with van der Waals surface area (Å²) in [6, 6.07) is 5.16. The molecule has 1 spiro atoms. The lowest BCUT2D eigenvalue weighted by Crippen LogP contribution is -2.35. The Bertz CT molecular complexity index is 650. The zero-order valence-electron chi connectivity index (χ0n) is 13.1. The van der Waals surface area contributed by atoms with Crippen LogP contribution in [0, 0.1) is 13.8 Å². The van der Waals surface area contributed by atoms with Crippen LogP contribution in [0.4, 0.5) is 0 Å². The van der Waals surface area contributed by atoms with Gasteiger partial charge >= 0.3 is 0 Å². The molecule has 0 amide bonds. The maximum atomic E-state index is 12.4. The van der Waals surface area contributed by atoms with Gasteiger partial charge in [0, 0.05) is 19.4 Å². The molecule has 1 aromatic carbocycles. The molecular formula is C16H23NO4S. The van der Waals surface area contributed by atoms with Gasteiger partial charge in [0.1, 0.15) is 0 Å². The summed E-state index contributed by atoms with van der Waals surface area (Å²) in [5.74, 6) is -0.448. The molecule has 1 heterocycles. The number of ether oxygens (including phenoxy) is 2. The Labute approximate surface area is 132 Å². The second-order valence-corrected chi connectivity index (χ2v) is 8.03. The van der Waals surface area contributed by atoms with Crippen molar-refractivity contribution < 1.29 is 17.9 Å². The number of benzene rings is 1. The van der Waals surface area contributed by atoms with E-state index in [4.69, 9.17) is 9.47 Å². The van der Waals surface area contributed by atoms with Crippen molar-refractivity contribution in [2.24, 2.45) is 0 Å². The number of sulfonamides is 1. The van der Waals surface area contributed by atoms with Gasteiger partial charge in [0.25, 0.3) is 0 Å². The molecule has 1 aromatic rings. The minimum absolute atomic E-state index is 0.209. The standard InChI is InChI=1S/C16H23NO4S/c1-12-5-6-15(9-13(12)2)22(18,19)17-10-14-11-20-16(21-14)7-3-4-8-16/h5-6,9,14,17H,3-4,7-8,10-11H2,1-2H3/t14-/m1/s1. The monoisotopic (exact) mass is 325 g/mol. The summed E-state index contributed by atoms with van der Waals surface area (Å²) >= 11 is 0. The van der Waals surface area contributed by atoms with Crippen molar-refractivity contribution in [2.75, 3.05) is 13.2 Å². The van der Waals surface area contributed by atoms with Gasteiger partial charge in [-0.3, -0.25) is 0 Å². The third-order valence-corrected chi connectivity index (χ3v) is 5.99. The van der Waals surface area contributed by atoms with Crippen molar-refractivity contribution in [3.8, 4) is 0 Å². The Morgan fingerprint density at radius 1 is 1.23 bits per heavy atom. The van der Waals surface area contributed by atoms with Gasteiger partial charge in [-0.15, -0.1) is 0 Å². The second-order valence-electron chi connectivity index (χ2n) is 6.27. The van der Waals surface area contributed by atoms with Crippen molar-refractivity contribution in [1.82, 2.24) is 4.72 Å². The molecule has 0 radical (unpaired) electrons. The van der Waals surface area contributed by atoms with Gasteiger partial charge in [-0.25, -0.2) is 13.1 Å². The molecule has 0 bridgehead atoms. The molecule has 2 fully saturated rings. The number of hydrogen-bond acceptors (Lipinski definition) is 4. The highest BCUT2D eigenvalue weighted by Gasteiger charge is 2.43. The Morgan fingerprint density at radius 3 is 2.64 bits per heavy atom. The molecule has 1 atom stereocenters. The first-order valence-electron chi connectivity index (χ1n) is 7.79. The third-order valence-electron chi connectivity index (χ3n) is 4.57. The Hall–Kier alpha value is -0.950. The Balaban J connectivity index is 1.62. The summed E-state index contributed by atoms with van der Waals surface area (Å²) in [4.78, 5) is 0.296. The van der Waals surface area contributed by atoms with E-state index in [1.807, 2.05) is 19.9 Å². The fourth-order valence-electron chi connectivity index (χ4n) is 3.06. The van der Waals surface area contributed by atoms with E-state index in [1.54, 1.807) is 12.1 Å². The lowest BCUT2D eigenvalue weighted by Gasteiger charge is -2.22. The summed E-state index contributed by atoms with van der Waals surface area (Å²) in [5, 5.41) is 0. The zero-order chi connectivity index (χ0) is 15.8. The van der Waals surface area contributed by atoms with Crippen LogP contribution in [-0.2, 0) is 19.5 Å². The third kappa shape index (κ3) is 3.20. The first kappa shape index (κ1) is 15.9.